The highest BCUT2D eigenvalue weighted by molar-refractivity contribution is 5.76. The fraction of sp³-hybridized carbons (Fsp3) is 0.933. The minimum Gasteiger partial charge on any atom is -0.385 e. The van der Waals surface area contributed by atoms with Crippen molar-refractivity contribution in [2.45, 2.75) is 58.4 Å². The van der Waals surface area contributed by atoms with E-state index in [1.54, 1.807) is 7.11 Å². The Labute approximate surface area is 117 Å². The number of amides is 1. The lowest BCUT2D eigenvalue weighted by atomic mass is 9.84. The maximum Gasteiger partial charge on any atom is 0.220 e. The van der Waals surface area contributed by atoms with Crippen LogP contribution in [0.5, 0.6) is 0 Å². The quantitative estimate of drug-likeness (QED) is 0.744. The topological polar surface area (TPSA) is 64.3 Å². The molecule has 4 nitrogen and oxygen atoms in total. The molecule has 1 aliphatic carbocycles. The summed E-state index contributed by atoms with van der Waals surface area (Å²) in [6, 6.07) is 0.296. The van der Waals surface area contributed by atoms with Gasteiger partial charge in [-0.15, -0.1) is 0 Å². The second-order valence-corrected chi connectivity index (χ2v) is 6.68. The van der Waals surface area contributed by atoms with Crippen LogP contribution < -0.4 is 11.1 Å². The van der Waals surface area contributed by atoms with Crippen LogP contribution >= 0.6 is 0 Å². The molecule has 0 heterocycles. The fourth-order valence-electron chi connectivity index (χ4n) is 2.66. The molecular weight excluding hydrogens is 240 g/mol. The predicted octanol–water partition coefficient (Wildman–Crippen LogP) is 2.07. The highest BCUT2D eigenvalue weighted by Gasteiger charge is 2.23. The predicted molar refractivity (Wildman–Crippen MR) is 77.8 cm³/mol. The third kappa shape index (κ3) is 6.92. The van der Waals surface area contributed by atoms with Crippen LogP contribution in [-0.2, 0) is 9.53 Å². The first kappa shape index (κ1) is 16.4. The van der Waals surface area contributed by atoms with Gasteiger partial charge >= 0.3 is 0 Å². The van der Waals surface area contributed by atoms with E-state index in [4.69, 9.17) is 10.5 Å². The molecule has 1 saturated carbocycles. The highest BCUT2D eigenvalue weighted by Crippen LogP contribution is 2.26. The second kappa shape index (κ2) is 7.85. The maximum absolute atomic E-state index is 12.0. The largest absolute Gasteiger partial charge is 0.385 e. The van der Waals surface area contributed by atoms with E-state index in [-0.39, 0.29) is 11.3 Å². The molecule has 0 bridgehead atoms. The molecule has 1 aliphatic rings. The van der Waals surface area contributed by atoms with Crippen LogP contribution in [0, 0.1) is 11.3 Å². The van der Waals surface area contributed by atoms with Crippen molar-refractivity contribution in [1.82, 2.24) is 5.32 Å². The number of hydrogen-bond donors (Lipinski definition) is 2. The molecule has 112 valence electrons. The molecule has 0 aromatic carbocycles. The molecule has 0 radical (unpaired) electrons. The van der Waals surface area contributed by atoms with E-state index in [1.165, 1.54) is 6.42 Å². The summed E-state index contributed by atoms with van der Waals surface area (Å²) in [4.78, 5) is 12.0. The van der Waals surface area contributed by atoms with Crippen molar-refractivity contribution in [3.8, 4) is 0 Å². The molecule has 1 amide bonds. The van der Waals surface area contributed by atoms with Crippen LogP contribution in [0.15, 0.2) is 0 Å². The van der Waals surface area contributed by atoms with Crippen molar-refractivity contribution in [1.29, 1.82) is 0 Å². The van der Waals surface area contributed by atoms with E-state index >= 15 is 0 Å². The third-order valence-electron chi connectivity index (χ3n) is 4.04. The van der Waals surface area contributed by atoms with Gasteiger partial charge in [-0.3, -0.25) is 4.79 Å². The molecule has 2 unspecified atom stereocenters. The van der Waals surface area contributed by atoms with Crippen LogP contribution in [0.25, 0.3) is 0 Å². The molecule has 0 aliphatic heterocycles. The first-order valence-electron chi connectivity index (χ1n) is 7.44. The minimum atomic E-state index is 0.0919. The van der Waals surface area contributed by atoms with Gasteiger partial charge in [0.15, 0.2) is 0 Å². The highest BCUT2D eigenvalue weighted by atomic mass is 16.5. The van der Waals surface area contributed by atoms with Crippen molar-refractivity contribution in [3.05, 3.63) is 0 Å². The Morgan fingerprint density at radius 3 is 2.79 bits per heavy atom. The van der Waals surface area contributed by atoms with Crippen molar-refractivity contribution in [2.75, 3.05) is 20.3 Å². The lowest BCUT2D eigenvalue weighted by Crippen LogP contribution is -2.37. The molecule has 1 fully saturated rings. The molecule has 0 spiro atoms. The lowest BCUT2D eigenvalue weighted by Gasteiger charge is -2.28. The summed E-state index contributed by atoms with van der Waals surface area (Å²) in [6.07, 6.45) is 6.02. The molecule has 2 atom stereocenters. The van der Waals surface area contributed by atoms with E-state index in [1.807, 2.05) is 0 Å². The standard InChI is InChI=1S/C15H30N2O2/c1-15(2,7-8-19-3)11-17-14(18)10-12-5-4-6-13(16)9-12/h12-13H,4-11,16H2,1-3H3,(H,17,18). The summed E-state index contributed by atoms with van der Waals surface area (Å²) in [5.41, 5.74) is 6.05. The van der Waals surface area contributed by atoms with E-state index < -0.39 is 0 Å². The van der Waals surface area contributed by atoms with Crippen molar-refractivity contribution >= 4 is 5.91 Å². The van der Waals surface area contributed by atoms with Gasteiger partial charge in [0, 0.05) is 32.7 Å². The first-order valence-corrected chi connectivity index (χ1v) is 7.44. The van der Waals surface area contributed by atoms with Crippen molar-refractivity contribution in [2.24, 2.45) is 17.1 Å². The maximum atomic E-state index is 12.0. The van der Waals surface area contributed by atoms with E-state index in [0.29, 0.717) is 24.9 Å². The minimum absolute atomic E-state index is 0.0919. The average Bonchev–Trinajstić information content (AvgIpc) is 2.34. The van der Waals surface area contributed by atoms with Crippen molar-refractivity contribution in [3.63, 3.8) is 0 Å². The van der Waals surface area contributed by atoms with Crippen LogP contribution in [-0.4, -0.2) is 32.2 Å². The van der Waals surface area contributed by atoms with E-state index in [9.17, 15) is 4.79 Å². The van der Waals surface area contributed by atoms with Gasteiger partial charge in [-0.25, -0.2) is 0 Å². The Balaban J connectivity index is 2.23. The zero-order valence-corrected chi connectivity index (χ0v) is 12.7. The van der Waals surface area contributed by atoms with Gasteiger partial charge in [0.1, 0.15) is 0 Å². The van der Waals surface area contributed by atoms with Crippen LogP contribution in [0.3, 0.4) is 0 Å². The fourth-order valence-corrected chi connectivity index (χ4v) is 2.66. The Kier molecular flexibility index (Phi) is 6.80. The zero-order chi connectivity index (χ0) is 14.3. The number of hydrogen-bond acceptors (Lipinski definition) is 3. The number of rotatable bonds is 7. The van der Waals surface area contributed by atoms with Crippen molar-refractivity contribution < 1.29 is 9.53 Å². The van der Waals surface area contributed by atoms with Gasteiger partial charge < -0.3 is 15.8 Å². The summed E-state index contributed by atoms with van der Waals surface area (Å²) >= 11 is 0. The molecule has 1 rings (SSSR count). The molecule has 4 heteroatoms. The van der Waals surface area contributed by atoms with Crippen LogP contribution in [0.4, 0.5) is 0 Å². The Morgan fingerprint density at radius 1 is 1.42 bits per heavy atom. The van der Waals surface area contributed by atoms with E-state index in [2.05, 4.69) is 19.2 Å². The average molecular weight is 270 g/mol. The Morgan fingerprint density at radius 2 is 2.16 bits per heavy atom. The van der Waals surface area contributed by atoms with Gasteiger partial charge in [-0.1, -0.05) is 20.3 Å². The second-order valence-electron chi connectivity index (χ2n) is 6.68. The number of methoxy groups -OCH3 is 1. The van der Waals surface area contributed by atoms with E-state index in [0.717, 1.165) is 32.3 Å². The molecule has 0 aromatic heterocycles. The summed E-state index contributed by atoms with van der Waals surface area (Å²) in [5, 5.41) is 3.06. The first-order chi connectivity index (χ1) is 8.93. The smallest absolute Gasteiger partial charge is 0.220 e. The van der Waals surface area contributed by atoms with Gasteiger partial charge in [0.25, 0.3) is 0 Å². The molecule has 3 N–H and O–H groups in total. The molecule has 0 aromatic rings. The third-order valence-corrected chi connectivity index (χ3v) is 4.04. The number of carbonyl (C=O) groups is 1. The Bertz CT molecular complexity index is 279. The summed E-state index contributed by atoms with van der Waals surface area (Å²) in [6.45, 7) is 5.76. The SMILES string of the molecule is COCCC(C)(C)CNC(=O)CC1CCCC(N)C1. The Hall–Kier alpha value is -0.610. The summed E-state index contributed by atoms with van der Waals surface area (Å²) in [7, 11) is 1.71. The zero-order valence-electron chi connectivity index (χ0n) is 12.7. The van der Waals surface area contributed by atoms with Crippen LogP contribution in [0.2, 0.25) is 0 Å². The van der Waals surface area contributed by atoms with Crippen LogP contribution in [0.1, 0.15) is 52.4 Å². The van der Waals surface area contributed by atoms with Gasteiger partial charge in [0.2, 0.25) is 5.91 Å². The lowest BCUT2D eigenvalue weighted by molar-refractivity contribution is -0.122. The summed E-state index contributed by atoms with van der Waals surface area (Å²) in [5.74, 6) is 0.649. The summed E-state index contributed by atoms with van der Waals surface area (Å²) < 4.78 is 5.09. The number of nitrogens with two attached hydrogens (primary N) is 1. The normalized spacial score (nSPS) is 24.2. The monoisotopic (exact) mass is 270 g/mol. The number of nitrogens with one attached hydrogen (secondary N) is 1. The van der Waals surface area contributed by atoms with Gasteiger partial charge in [0.05, 0.1) is 0 Å². The van der Waals surface area contributed by atoms with Gasteiger partial charge in [-0.2, -0.15) is 0 Å². The van der Waals surface area contributed by atoms with Gasteiger partial charge in [-0.05, 0) is 37.0 Å². The molecular formula is C15H30N2O2. The molecule has 19 heavy (non-hydrogen) atoms. The molecule has 0 saturated heterocycles. The number of ether oxygens (including phenoxy) is 1. The number of carbonyl (C=O) groups excluding carboxylic acids is 1.